The molecule has 1 aromatic carbocycles. The number of nitrogens with two attached hydrogens (primary N) is 1. The topological polar surface area (TPSA) is 44.5 Å². The summed E-state index contributed by atoms with van der Waals surface area (Å²) < 4.78 is 45.5. The third-order valence-corrected chi connectivity index (χ3v) is 2.93. The van der Waals surface area contributed by atoms with Crippen LogP contribution in [0.3, 0.4) is 0 Å². The fraction of sp³-hybridized carbons (Fsp3) is 0.571. The van der Waals surface area contributed by atoms with Crippen LogP contribution >= 0.6 is 0 Å². The van der Waals surface area contributed by atoms with E-state index in [-0.39, 0.29) is 12.5 Å². The first-order valence-electron chi connectivity index (χ1n) is 6.42. The molecule has 0 aliphatic rings. The lowest BCUT2D eigenvalue weighted by atomic mass is 9.96. The van der Waals surface area contributed by atoms with E-state index in [2.05, 4.69) is 4.74 Å². The van der Waals surface area contributed by atoms with Crippen LogP contribution in [0, 0.1) is 5.92 Å². The van der Waals surface area contributed by atoms with Crippen LogP contribution in [-0.4, -0.2) is 33.0 Å². The molecule has 0 fully saturated rings. The Labute approximate surface area is 116 Å². The summed E-state index contributed by atoms with van der Waals surface area (Å²) in [5.74, 6) is 0.849. The molecule has 0 saturated heterocycles. The second-order valence-corrected chi connectivity index (χ2v) is 4.61. The van der Waals surface area contributed by atoms with Crippen LogP contribution in [-0.2, 0) is 11.2 Å². The van der Waals surface area contributed by atoms with E-state index >= 15 is 0 Å². The van der Waals surface area contributed by atoms with Crippen LogP contribution in [0.2, 0.25) is 0 Å². The van der Waals surface area contributed by atoms with Crippen molar-refractivity contribution in [3.63, 3.8) is 0 Å². The number of rotatable bonds is 8. The number of hydrogen-bond acceptors (Lipinski definition) is 3. The Kier molecular flexibility index (Phi) is 6.81. The zero-order valence-electron chi connectivity index (χ0n) is 11.5. The largest absolute Gasteiger partial charge is 0.497 e. The highest BCUT2D eigenvalue weighted by Crippen LogP contribution is 2.18. The molecular weight excluding hydrogens is 271 g/mol. The maximum atomic E-state index is 11.9. The van der Waals surface area contributed by atoms with Crippen LogP contribution in [0.15, 0.2) is 24.3 Å². The molecule has 20 heavy (non-hydrogen) atoms. The highest BCUT2D eigenvalue weighted by Gasteiger charge is 2.27. The van der Waals surface area contributed by atoms with Crippen molar-refractivity contribution in [3.8, 4) is 5.75 Å². The predicted octanol–water partition coefficient (Wildman–Crippen LogP) is 2.78. The van der Waals surface area contributed by atoms with Crippen LogP contribution in [0.1, 0.15) is 12.0 Å². The van der Waals surface area contributed by atoms with E-state index in [1.165, 1.54) is 0 Å². The predicted molar refractivity (Wildman–Crippen MR) is 70.7 cm³/mol. The molecule has 0 heterocycles. The van der Waals surface area contributed by atoms with Crippen LogP contribution in [0.5, 0.6) is 5.75 Å². The molecule has 0 aromatic heterocycles. The molecule has 0 bridgehead atoms. The summed E-state index contributed by atoms with van der Waals surface area (Å²) in [6, 6.07) is 7.57. The Bertz CT molecular complexity index is 396. The minimum Gasteiger partial charge on any atom is -0.497 e. The number of halogens is 3. The maximum Gasteiger partial charge on any atom is 0.411 e. The average Bonchev–Trinajstić information content (AvgIpc) is 2.41. The molecule has 6 heteroatoms. The summed E-state index contributed by atoms with van der Waals surface area (Å²) in [6.45, 7) is -0.735. The van der Waals surface area contributed by atoms with Gasteiger partial charge in [-0.05, 0) is 43.0 Å². The van der Waals surface area contributed by atoms with E-state index in [4.69, 9.17) is 10.5 Å². The van der Waals surface area contributed by atoms with Crippen molar-refractivity contribution in [1.29, 1.82) is 0 Å². The van der Waals surface area contributed by atoms with Crippen molar-refractivity contribution in [3.05, 3.63) is 29.8 Å². The van der Waals surface area contributed by atoms with Gasteiger partial charge in [-0.15, -0.1) is 0 Å². The minimum absolute atomic E-state index is 0.0609. The molecule has 114 valence electrons. The first-order chi connectivity index (χ1) is 9.44. The molecule has 2 N–H and O–H groups in total. The maximum absolute atomic E-state index is 11.9. The number of hydrogen-bond donors (Lipinski definition) is 1. The molecule has 0 spiro atoms. The Morgan fingerprint density at radius 1 is 1.30 bits per heavy atom. The first kappa shape index (κ1) is 16.8. The number of methoxy groups -OCH3 is 1. The molecule has 1 unspecified atom stereocenters. The van der Waals surface area contributed by atoms with Crippen molar-refractivity contribution < 1.29 is 22.6 Å². The lowest BCUT2D eigenvalue weighted by Crippen LogP contribution is -2.22. The van der Waals surface area contributed by atoms with Crippen LogP contribution < -0.4 is 10.5 Å². The summed E-state index contributed by atoms with van der Waals surface area (Å²) in [4.78, 5) is 0. The molecule has 1 aromatic rings. The Hall–Kier alpha value is -1.27. The first-order valence-corrected chi connectivity index (χ1v) is 6.42. The van der Waals surface area contributed by atoms with Gasteiger partial charge >= 0.3 is 6.18 Å². The zero-order valence-corrected chi connectivity index (χ0v) is 11.5. The standard InChI is InChI=1S/C14H20F3NO2/c1-19-13-4-2-3-11(8-13)7-12(9-18)5-6-20-10-14(15,16)17/h2-4,8,12H,5-7,9-10,18H2,1H3. The normalized spacial score (nSPS) is 13.2. The van der Waals surface area contributed by atoms with E-state index in [9.17, 15) is 13.2 Å². The van der Waals surface area contributed by atoms with E-state index < -0.39 is 12.8 Å². The van der Waals surface area contributed by atoms with E-state index in [1.54, 1.807) is 7.11 Å². The molecule has 3 nitrogen and oxygen atoms in total. The summed E-state index contributed by atoms with van der Waals surface area (Å²) in [5.41, 5.74) is 6.70. The highest BCUT2D eigenvalue weighted by atomic mass is 19.4. The SMILES string of the molecule is COc1cccc(CC(CN)CCOCC(F)(F)F)c1. The molecule has 1 rings (SSSR count). The quantitative estimate of drug-likeness (QED) is 0.749. The van der Waals surface area contributed by atoms with Crippen LogP contribution in [0.25, 0.3) is 0 Å². The molecular formula is C14H20F3NO2. The molecule has 0 radical (unpaired) electrons. The minimum atomic E-state index is -4.27. The summed E-state index contributed by atoms with van der Waals surface area (Å²) in [6.07, 6.45) is -3.07. The number of alkyl halides is 3. The fourth-order valence-electron chi connectivity index (χ4n) is 1.87. The molecule has 0 amide bonds. The average molecular weight is 291 g/mol. The van der Waals surface area contributed by atoms with Gasteiger partial charge in [0.25, 0.3) is 0 Å². The zero-order chi connectivity index (χ0) is 15.0. The highest BCUT2D eigenvalue weighted by molar-refractivity contribution is 5.28. The van der Waals surface area contributed by atoms with Gasteiger partial charge in [-0.1, -0.05) is 12.1 Å². The van der Waals surface area contributed by atoms with E-state index in [1.807, 2.05) is 24.3 Å². The fourth-order valence-corrected chi connectivity index (χ4v) is 1.87. The third-order valence-electron chi connectivity index (χ3n) is 2.93. The third kappa shape index (κ3) is 6.77. The molecule has 1 atom stereocenters. The van der Waals surface area contributed by atoms with Gasteiger partial charge < -0.3 is 15.2 Å². The van der Waals surface area contributed by atoms with Crippen LogP contribution in [0.4, 0.5) is 13.2 Å². The lowest BCUT2D eigenvalue weighted by molar-refractivity contribution is -0.174. The smallest absolute Gasteiger partial charge is 0.411 e. The van der Waals surface area contributed by atoms with Gasteiger partial charge in [-0.25, -0.2) is 0 Å². The lowest BCUT2D eigenvalue weighted by Gasteiger charge is -2.16. The van der Waals surface area contributed by atoms with Gasteiger partial charge in [0.1, 0.15) is 12.4 Å². The van der Waals surface area contributed by atoms with Crippen molar-refractivity contribution in [2.75, 3.05) is 26.9 Å². The number of ether oxygens (including phenoxy) is 2. The molecule has 0 saturated carbocycles. The summed E-state index contributed by atoms with van der Waals surface area (Å²) in [7, 11) is 1.59. The Morgan fingerprint density at radius 3 is 2.65 bits per heavy atom. The van der Waals surface area contributed by atoms with Gasteiger partial charge in [-0.3, -0.25) is 0 Å². The van der Waals surface area contributed by atoms with Gasteiger partial charge in [-0.2, -0.15) is 13.2 Å². The molecule has 0 aliphatic heterocycles. The second-order valence-electron chi connectivity index (χ2n) is 4.61. The van der Waals surface area contributed by atoms with Crippen molar-refractivity contribution in [2.45, 2.75) is 19.0 Å². The van der Waals surface area contributed by atoms with Crippen molar-refractivity contribution in [2.24, 2.45) is 11.7 Å². The van der Waals surface area contributed by atoms with Gasteiger partial charge in [0.2, 0.25) is 0 Å². The van der Waals surface area contributed by atoms with E-state index in [0.29, 0.717) is 19.4 Å². The van der Waals surface area contributed by atoms with Crippen molar-refractivity contribution >= 4 is 0 Å². The second kappa shape index (κ2) is 8.11. The van der Waals surface area contributed by atoms with Gasteiger partial charge in [0, 0.05) is 6.61 Å². The summed E-state index contributed by atoms with van der Waals surface area (Å²) in [5, 5.41) is 0. The monoisotopic (exact) mass is 291 g/mol. The Morgan fingerprint density at radius 2 is 2.05 bits per heavy atom. The van der Waals surface area contributed by atoms with Gasteiger partial charge in [0.15, 0.2) is 0 Å². The Balaban J connectivity index is 2.38. The number of benzene rings is 1. The van der Waals surface area contributed by atoms with Crippen molar-refractivity contribution in [1.82, 2.24) is 0 Å². The molecule has 0 aliphatic carbocycles. The van der Waals surface area contributed by atoms with E-state index in [0.717, 1.165) is 11.3 Å². The van der Waals surface area contributed by atoms with Gasteiger partial charge in [0.05, 0.1) is 7.11 Å². The summed E-state index contributed by atoms with van der Waals surface area (Å²) >= 11 is 0.